The maximum absolute atomic E-state index is 11.2. The Balaban J connectivity index is 1.76. The molecule has 1 amide bonds. The number of primary amides is 1. The minimum absolute atomic E-state index is 0.450. The van der Waals surface area contributed by atoms with E-state index in [-0.39, 0.29) is 0 Å². The molecule has 0 spiro atoms. The van der Waals surface area contributed by atoms with Gasteiger partial charge in [-0.3, -0.25) is 14.2 Å². The second-order valence-electron chi connectivity index (χ2n) is 5.42. The van der Waals surface area contributed by atoms with Gasteiger partial charge >= 0.3 is 0 Å². The van der Waals surface area contributed by atoms with E-state index in [1.54, 1.807) is 36.9 Å². The van der Waals surface area contributed by atoms with Crippen LogP contribution in [0.2, 0.25) is 0 Å². The smallest absolute Gasteiger partial charge is 0.248 e. The van der Waals surface area contributed by atoms with Crippen molar-refractivity contribution in [2.75, 3.05) is 5.32 Å². The van der Waals surface area contributed by atoms with E-state index >= 15 is 0 Å². The molecule has 1 aromatic carbocycles. The molecule has 0 atom stereocenters. The number of aromatic nitrogens is 4. The zero-order valence-corrected chi connectivity index (χ0v) is 13.1. The van der Waals surface area contributed by atoms with Gasteiger partial charge in [-0.1, -0.05) is 12.1 Å². The number of pyridine rings is 1. The van der Waals surface area contributed by atoms with Crippen molar-refractivity contribution in [2.45, 2.75) is 0 Å². The van der Waals surface area contributed by atoms with Gasteiger partial charge in [-0.15, -0.1) is 0 Å². The van der Waals surface area contributed by atoms with Crippen LogP contribution in [0.4, 0.5) is 11.5 Å². The molecule has 25 heavy (non-hydrogen) atoms. The lowest BCUT2D eigenvalue weighted by Crippen LogP contribution is -2.10. The Labute approximate surface area is 143 Å². The SMILES string of the molecule is NC(=O)c1ccc(-c2cnc(Nc3cccnc3)c3nccn23)cc1. The lowest BCUT2D eigenvalue weighted by Gasteiger charge is -2.10. The zero-order chi connectivity index (χ0) is 17.2. The molecule has 7 heteroatoms. The Bertz CT molecular complexity index is 1040. The fourth-order valence-electron chi connectivity index (χ4n) is 2.60. The van der Waals surface area contributed by atoms with Crippen molar-refractivity contribution >= 4 is 23.1 Å². The Kier molecular flexibility index (Phi) is 3.59. The summed E-state index contributed by atoms with van der Waals surface area (Å²) >= 11 is 0. The molecule has 0 bridgehead atoms. The van der Waals surface area contributed by atoms with E-state index in [4.69, 9.17) is 5.73 Å². The number of benzene rings is 1. The quantitative estimate of drug-likeness (QED) is 0.599. The lowest BCUT2D eigenvalue weighted by molar-refractivity contribution is 0.100. The van der Waals surface area contributed by atoms with E-state index in [1.807, 2.05) is 34.9 Å². The van der Waals surface area contributed by atoms with E-state index in [9.17, 15) is 4.79 Å². The number of fused-ring (bicyclic) bond motifs is 1. The standard InChI is InChI=1S/C18H14N6O/c19-16(25)13-5-3-12(4-6-13)15-11-22-17(18-21-8-9-24(15)18)23-14-2-1-7-20-10-14/h1-11H,(H2,19,25)(H,22,23). The first-order valence-corrected chi connectivity index (χ1v) is 7.62. The first kappa shape index (κ1) is 14.8. The summed E-state index contributed by atoms with van der Waals surface area (Å²) in [6.45, 7) is 0. The average Bonchev–Trinajstić information content (AvgIpc) is 3.13. The molecule has 0 aliphatic carbocycles. The highest BCUT2D eigenvalue weighted by atomic mass is 16.1. The highest BCUT2D eigenvalue weighted by Gasteiger charge is 2.11. The summed E-state index contributed by atoms with van der Waals surface area (Å²) in [7, 11) is 0. The molecule has 7 nitrogen and oxygen atoms in total. The van der Waals surface area contributed by atoms with Crippen molar-refractivity contribution in [3.63, 3.8) is 0 Å². The second-order valence-corrected chi connectivity index (χ2v) is 5.42. The van der Waals surface area contributed by atoms with E-state index in [2.05, 4.69) is 20.3 Å². The minimum Gasteiger partial charge on any atom is -0.366 e. The summed E-state index contributed by atoms with van der Waals surface area (Å²) in [5, 5.41) is 3.22. The molecule has 0 unspecified atom stereocenters. The van der Waals surface area contributed by atoms with E-state index in [1.165, 1.54) is 0 Å². The molecule has 0 saturated carbocycles. The van der Waals surface area contributed by atoms with Crippen molar-refractivity contribution in [2.24, 2.45) is 5.73 Å². The molecule has 122 valence electrons. The number of amides is 1. The Hall–Kier alpha value is -3.74. The molecule has 0 saturated heterocycles. The van der Waals surface area contributed by atoms with Crippen LogP contribution in [-0.2, 0) is 0 Å². The number of nitrogens with one attached hydrogen (secondary N) is 1. The Morgan fingerprint density at radius 3 is 2.60 bits per heavy atom. The predicted octanol–water partition coefficient (Wildman–Crippen LogP) is 2.63. The number of anilines is 2. The minimum atomic E-state index is -0.450. The summed E-state index contributed by atoms with van der Waals surface area (Å²) in [5.74, 6) is 0.184. The van der Waals surface area contributed by atoms with Gasteiger partial charge in [0.1, 0.15) is 0 Å². The highest BCUT2D eigenvalue weighted by Crippen LogP contribution is 2.25. The number of nitrogens with zero attached hydrogens (tertiary/aromatic N) is 4. The van der Waals surface area contributed by atoms with Gasteiger partial charge in [-0.2, -0.15) is 0 Å². The number of carbonyl (C=O) groups excluding carboxylic acids is 1. The fourth-order valence-corrected chi connectivity index (χ4v) is 2.60. The molecule has 0 aliphatic heterocycles. The molecule has 0 aliphatic rings. The first-order valence-electron chi connectivity index (χ1n) is 7.62. The monoisotopic (exact) mass is 330 g/mol. The molecular weight excluding hydrogens is 316 g/mol. The average molecular weight is 330 g/mol. The van der Waals surface area contributed by atoms with Crippen LogP contribution in [0.1, 0.15) is 10.4 Å². The van der Waals surface area contributed by atoms with Crippen molar-refractivity contribution in [1.29, 1.82) is 0 Å². The first-order chi connectivity index (χ1) is 12.2. The Morgan fingerprint density at radius 1 is 1.04 bits per heavy atom. The van der Waals surface area contributed by atoms with E-state index in [0.29, 0.717) is 17.0 Å². The van der Waals surface area contributed by atoms with Crippen LogP contribution in [0.25, 0.3) is 16.9 Å². The van der Waals surface area contributed by atoms with Gasteiger partial charge in [0, 0.05) is 29.7 Å². The summed E-state index contributed by atoms with van der Waals surface area (Å²) < 4.78 is 1.94. The third-order valence-corrected chi connectivity index (χ3v) is 3.82. The largest absolute Gasteiger partial charge is 0.366 e. The number of hydrogen-bond acceptors (Lipinski definition) is 5. The van der Waals surface area contributed by atoms with Crippen LogP contribution in [-0.4, -0.2) is 25.3 Å². The van der Waals surface area contributed by atoms with Crippen LogP contribution >= 0.6 is 0 Å². The zero-order valence-electron chi connectivity index (χ0n) is 13.1. The van der Waals surface area contributed by atoms with Crippen molar-refractivity contribution < 1.29 is 4.79 Å². The van der Waals surface area contributed by atoms with Crippen LogP contribution in [0.3, 0.4) is 0 Å². The van der Waals surface area contributed by atoms with Gasteiger partial charge in [-0.05, 0) is 24.3 Å². The number of imidazole rings is 1. The predicted molar refractivity (Wildman–Crippen MR) is 94.5 cm³/mol. The van der Waals surface area contributed by atoms with Crippen LogP contribution in [0.5, 0.6) is 0 Å². The van der Waals surface area contributed by atoms with Gasteiger partial charge in [0.05, 0.1) is 23.8 Å². The van der Waals surface area contributed by atoms with Crippen molar-refractivity contribution in [3.05, 3.63) is 72.9 Å². The topological polar surface area (TPSA) is 98.2 Å². The molecule has 0 radical (unpaired) electrons. The normalized spacial score (nSPS) is 10.7. The van der Waals surface area contributed by atoms with E-state index < -0.39 is 5.91 Å². The van der Waals surface area contributed by atoms with Gasteiger partial charge in [0.25, 0.3) is 0 Å². The van der Waals surface area contributed by atoms with Gasteiger partial charge in [-0.25, -0.2) is 9.97 Å². The number of carbonyl (C=O) groups is 1. The summed E-state index contributed by atoms with van der Waals surface area (Å²) in [6, 6.07) is 10.8. The maximum atomic E-state index is 11.2. The van der Waals surface area contributed by atoms with Gasteiger partial charge in [0.15, 0.2) is 11.5 Å². The molecular formula is C18H14N6O. The highest BCUT2D eigenvalue weighted by molar-refractivity contribution is 5.93. The van der Waals surface area contributed by atoms with Crippen LogP contribution in [0.15, 0.2) is 67.4 Å². The van der Waals surface area contributed by atoms with Crippen molar-refractivity contribution in [1.82, 2.24) is 19.4 Å². The van der Waals surface area contributed by atoms with Gasteiger partial charge < -0.3 is 11.1 Å². The summed E-state index contributed by atoms with van der Waals surface area (Å²) in [5.41, 5.74) is 9.05. The maximum Gasteiger partial charge on any atom is 0.248 e. The second kappa shape index (κ2) is 6.04. The molecule has 3 aromatic heterocycles. The third-order valence-electron chi connectivity index (χ3n) is 3.82. The Morgan fingerprint density at radius 2 is 1.88 bits per heavy atom. The fraction of sp³-hybridized carbons (Fsp3) is 0. The third kappa shape index (κ3) is 2.78. The molecule has 4 rings (SSSR count). The number of hydrogen-bond donors (Lipinski definition) is 2. The van der Waals surface area contributed by atoms with Crippen LogP contribution < -0.4 is 11.1 Å². The number of rotatable bonds is 4. The molecule has 3 N–H and O–H groups in total. The molecule has 4 aromatic rings. The summed E-state index contributed by atoms with van der Waals surface area (Å²) in [6.07, 6.45) is 8.77. The molecule has 3 heterocycles. The van der Waals surface area contributed by atoms with Crippen molar-refractivity contribution in [3.8, 4) is 11.3 Å². The number of nitrogens with two attached hydrogens (primary N) is 1. The van der Waals surface area contributed by atoms with Crippen LogP contribution in [0, 0.1) is 0 Å². The van der Waals surface area contributed by atoms with E-state index in [0.717, 1.165) is 16.9 Å². The molecule has 0 fully saturated rings. The van der Waals surface area contributed by atoms with Gasteiger partial charge in [0.2, 0.25) is 5.91 Å². The lowest BCUT2D eigenvalue weighted by atomic mass is 10.1. The summed E-state index contributed by atoms with van der Waals surface area (Å²) in [4.78, 5) is 24.2.